The van der Waals surface area contributed by atoms with E-state index in [9.17, 15) is 22.8 Å². The molecule has 0 bridgehead atoms. The number of ether oxygens (including phenoxy) is 1. The summed E-state index contributed by atoms with van der Waals surface area (Å²) in [6.45, 7) is -1.59. The molecule has 1 aliphatic rings. The fourth-order valence-electron chi connectivity index (χ4n) is 2.83. The lowest BCUT2D eigenvalue weighted by Gasteiger charge is -2.22. The molecule has 1 unspecified atom stereocenters. The first-order valence-electron chi connectivity index (χ1n) is 7.84. The van der Waals surface area contributed by atoms with E-state index in [-0.39, 0.29) is 17.3 Å². The SMILES string of the molecule is CC1(c2ccc(OC(F)F)cc2)NC(=O)N(Cc2ccc(F)cc2Cl)C1=O. The fraction of sp³-hybridized carbons (Fsp3) is 0.222. The number of amides is 3. The van der Waals surface area contributed by atoms with E-state index in [2.05, 4.69) is 10.1 Å². The van der Waals surface area contributed by atoms with Gasteiger partial charge in [-0.1, -0.05) is 29.8 Å². The molecule has 1 saturated heterocycles. The highest BCUT2D eigenvalue weighted by molar-refractivity contribution is 6.31. The lowest BCUT2D eigenvalue weighted by atomic mass is 9.92. The first-order chi connectivity index (χ1) is 12.7. The van der Waals surface area contributed by atoms with Crippen LogP contribution in [0, 0.1) is 5.82 Å². The van der Waals surface area contributed by atoms with Crippen molar-refractivity contribution in [1.82, 2.24) is 10.2 Å². The monoisotopic (exact) mass is 398 g/mol. The Hall–Kier alpha value is -2.74. The number of carbonyl (C=O) groups is 2. The molecule has 142 valence electrons. The second kappa shape index (κ2) is 7.11. The molecule has 1 atom stereocenters. The van der Waals surface area contributed by atoms with E-state index < -0.39 is 29.9 Å². The number of hydrogen-bond donors (Lipinski definition) is 1. The Morgan fingerprint density at radius 2 is 1.85 bits per heavy atom. The van der Waals surface area contributed by atoms with Gasteiger partial charge in [0, 0.05) is 5.02 Å². The number of halogens is 4. The highest BCUT2D eigenvalue weighted by Crippen LogP contribution is 2.32. The normalized spacial score (nSPS) is 19.6. The average Bonchev–Trinajstić information content (AvgIpc) is 2.81. The number of nitrogens with one attached hydrogen (secondary N) is 1. The molecule has 5 nitrogen and oxygen atoms in total. The van der Waals surface area contributed by atoms with Gasteiger partial charge in [0.05, 0.1) is 6.54 Å². The van der Waals surface area contributed by atoms with Gasteiger partial charge in [-0.15, -0.1) is 0 Å². The maximum absolute atomic E-state index is 13.2. The summed E-state index contributed by atoms with van der Waals surface area (Å²) in [6.07, 6.45) is 0. The molecule has 1 N–H and O–H groups in total. The summed E-state index contributed by atoms with van der Waals surface area (Å²) in [7, 11) is 0. The van der Waals surface area contributed by atoms with Crippen molar-refractivity contribution in [2.45, 2.75) is 25.6 Å². The summed E-state index contributed by atoms with van der Waals surface area (Å²) >= 11 is 5.97. The molecule has 3 rings (SSSR count). The fourth-order valence-corrected chi connectivity index (χ4v) is 3.05. The second-order valence-corrected chi connectivity index (χ2v) is 6.49. The third kappa shape index (κ3) is 3.71. The predicted octanol–water partition coefficient (Wildman–Crippen LogP) is 4.05. The van der Waals surface area contributed by atoms with Crippen LogP contribution in [0.1, 0.15) is 18.1 Å². The van der Waals surface area contributed by atoms with Crippen LogP contribution in [0.5, 0.6) is 5.75 Å². The van der Waals surface area contributed by atoms with Gasteiger partial charge in [-0.05, 0) is 42.3 Å². The molecule has 1 heterocycles. The zero-order valence-electron chi connectivity index (χ0n) is 14.0. The van der Waals surface area contributed by atoms with E-state index in [1.54, 1.807) is 0 Å². The number of carbonyl (C=O) groups excluding carboxylic acids is 2. The van der Waals surface area contributed by atoms with Gasteiger partial charge in [0.2, 0.25) is 0 Å². The standard InChI is InChI=1S/C18H14ClF3N2O3/c1-18(11-3-6-13(7-4-11)27-16(21)22)15(25)24(17(26)23-18)9-10-2-5-12(20)8-14(10)19/h2-8,16H,9H2,1H3,(H,23,26). The van der Waals surface area contributed by atoms with E-state index in [1.807, 2.05) is 0 Å². The summed E-state index contributed by atoms with van der Waals surface area (Å²) in [6, 6.07) is 8.43. The van der Waals surface area contributed by atoms with Crippen LogP contribution in [-0.4, -0.2) is 23.4 Å². The van der Waals surface area contributed by atoms with Crippen molar-refractivity contribution in [3.8, 4) is 5.75 Å². The second-order valence-electron chi connectivity index (χ2n) is 6.09. The predicted molar refractivity (Wildman–Crippen MR) is 90.9 cm³/mol. The van der Waals surface area contributed by atoms with Crippen LogP contribution >= 0.6 is 11.6 Å². The minimum atomic E-state index is -2.96. The van der Waals surface area contributed by atoms with Crippen molar-refractivity contribution < 1.29 is 27.5 Å². The third-order valence-corrected chi connectivity index (χ3v) is 4.63. The van der Waals surface area contributed by atoms with Crippen LogP contribution in [0.15, 0.2) is 42.5 Å². The molecule has 0 saturated carbocycles. The molecular weight excluding hydrogens is 385 g/mol. The summed E-state index contributed by atoms with van der Waals surface area (Å²) in [5, 5.41) is 2.68. The van der Waals surface area contributed by atoms with E-state index in [4.69, 9.17) is 11.6 Å². The Morgan fingerprint density at radius 1 is 1.19 bits per heavy atom. The Morgan fingerprint density at radius 3 is 2.44 bits per heavy atom. The molecule has 1 aliphatic heterocycles. The molecule has 0 aromatic heterocycles. The molecule has 0 aliphatic carbocycles. The van der Waals surface area contributed by atoms with Gasteiger partial charge in [0.1, 0.15) is 17.1 Å². The first-order valence-corrected chi connectivity index (χ1v) is 8.22. The lowest BCUT2D eigenvalue weighted by molar-refractivity contribution is -0.131. The average molecular weight is 399 g/mol. The van der Waals surface area contributed by atoms with Crippen LogP contribution in [0.3, 0.4) is 0 Å². The number of urea groups is 1. The molecule has 9 heteroatoms. The zero-order valence-corrected chi connectivity index (χ0v) is 14.8. The quantitative estimate of drug-likeness (QED) is 0.773. The van der Waals surface area contributed by atoms with E-state index >= 15 is 0 Å². The Bertz CT molecular complexity index is 892. The molecule has 0 radical (unpaired) electrons. The van der Waals surface area contributed by atoms with Crippen molar-refractivity contribution in [2.24, 2.45) is 0 Å². The summed E-state index contributed by atoms with van der Waals surface area (Å²) < 4.78 is 41.9. The van der Waals surface area contributed by atoms with E-state index in [0.717, 1.165) is 11.0 Å². The van der Waals surface area contributed by atoms with Crippen LogP contribution in [-0.2, 0) is 16.9 Å². The third-order valence-electron chi connectivity index (χ3n) is 4.28. The van der Waals surface area contributed by atoms with Gasteiger partial charge in [-0.3, -0.25) is 9.69 Å². The molecule has 2 aromatic rings. The van der Waals surface area contributed by atoms with Gasteiger partial charge < -0.3 is 10.1 Å². The van der Waals surface area contributed by atoms with Crippen molar-refractivity contribution in [2.75, 3.05) is 0 Å². The minimum Gasteiger partial charge on any atom is -0.435 e. The van der Waals surface area contributed by atoms with Crippen LogP contribution in [0.2, 0.25) is 5.02 Å². The highest BCUT2D eigenvalue weighted by atomic mass is 35.5. The smallest absolute Gasteiger partial charge is 0.387 e. The van der Waals surface area contributed by atoms with Gasteiger partial charge in [-0.2, -0.15) is 8.78 Å². The number of nitrogens with zero attached hydrogens (tertiary/aromatic N) is 1. The summed E-state index contributed by atoms with van der Waals surface area (Å²) in [5.74, 6) is -1.14. The highest BCUT2D eigenvalue weighted by Gasteiger charge is 2.49. The van der Waals surface area contributed by atoms with Crippen LogP contribution in [0.4, 0.5) is 18.0 Å². The Labute approximate surface area is 157 Å². The molecular formula is C18H14ClF3N2O3. The molecule has 0 spiro atoms. The topological polar surface area (TPSA) is 58.6 Å². The van der Waals surface area contributed by atoms with E-state index in [0.29, 0.717) is 11.1 Å². The zero-order chi connectivity index (χ0) is 19.8. The first kappa shape index (κ1) is 19.0. The van der Waals surface area contributed by atoms with E-state index in [1.165, 1.54) is 43.3 Å². The Kier molecular flexibility index (Phi) is 5.01. The van der Waals surface area contributed by atoms with Crippen molar-refractivity contribution >= 4 is 23.5 Å². The number of alkyl halides is 2. The molecule has 1 fully saturated rings. The minimum absolute atomic E-state index is 0.0657. The van der Waals surface area contributed by atoms with Crippen molar-refractivity contribution in [3.05, 3.63) is 64.4 Å². The van der Waals surface area contributed by atoms with Gasteiger partial charge in [0.25, 0.3) is 5.91 Å². The largest absolute Gasteiger partial charge is 0.435 e. The van der Waals surface area contributed by atoms with Gasteiger partial charge in [-0.25, -0.2) is 9.18 Å². The van der Waals surface area contributed by atoms with Crippen LogP contribution < -0.4 is 10.1 Å². The van der Waals surface area contributed by atoms with Crippen molar-refractivity contribution in [3.63, 3.8) is 0 Å². The number of imide groups is 1. The number of benzene rings is 2. The Balaban J connectivity index is 1.83. The molecule has 27 heavy (non-hydrogen) atoms. The maximum Gasteiger partial charge on any atom is 0.387 e. The molecule has 3 amide bonds. The summed E-state index contributed by atoms with van der Waals surface area (Å²) in [5.41, 5.74) is -0.575. The lowest BCUT2D eigenvalue weighted by Crippen LogP contribution is -2.40. The maximum atomic E-state index is 13.2. The van der Waals surface area contributed by atoms with Gasteiger partial charge >= 0.3 is 12.6 Å². The molecule has 2 aromatic carbocycles. The number of rotatable bonds is 5. The number of hydrogen-bond acceptors (Lipinski definition) is 3. The van der Waals surface area contributed by atoms with Crippen LogP contribution in [0.25, 0.3) is 0 Å². The van der Waals surface area contributed by atoms with Gasteiger partial charge in [0.15, 0.2) is 0 Å². The van der Waals surface area contributed by atoms with Crippen molar-refractivity contribution in [1.29, 1.82) is 0 Å². The summed E-state index contributed by atoms with van der Waals surface area (Å²) in [4.78, 5) is 26.1.